The third-order valence-electron chi connectivity index (χ3n) is 6.16. The van der Waals surface area contributed by atoms with E-state index in [0.717, 1.165) is 23.7 Å². The molecule has 0 bridgehead atoms. The molecule has 3 aliphatic rings. The predicted molar refractivity (Wildman–Crippen MR) is 82.0 cm³/mol. The van der Waals surface area contributed by atoms with Crippen molar-refractivity contribution in [3.8, 4) is 0 Å². The summed E-state index contributed by atoms with van der Waals surface area (Å²) in [5, 5.41) is 0. The van der Waals surface area contributed by atoms with Crippen LogP contribution in [0.15, 0.2) is 24.3 Å². The normalized spacial score (nSPS) is 34.1. The van der Waals surface area contributed by atoms with Crippen molar-refractivity contribution in [1.82, 2.24) is 5.43 Å². The fraction of sp³-hybridized carbons (Fsp3) is 0.667. The molecular weight excluding hydrogens is 244 g/mol. The van der Waals surface area contributed by atoms with E-state index in [-0.39, 0.29) is 0 Å². The minimum atomic E-state index is 0.374. The van der Waals surface area contributed by atoms with E-state index < -0.39 is 0 Å². The van der Waals surface area contributed by atoms with Crippen molar-refractivity contribution in [2.45, 2.75) is 56.9 Å². The van der Waals surface area contributed by atoms with Crippen molar-refractivity contribution in [1.29, 1.82) is 0 Å². The molecule has 2 nitrogen and oxygen atoms in total. The lowest BCUT2D eigenvalue weighted by Gasteiger charge is -2.26. The number of hydrogen-bond acceptors (Lipinski definition) is 2. The van der Waals surface area contributed by atoms with E-state index in [9.17, 15) is 0 Å². The molecule has 3 aliphatic carbocycles. The van der Waals surface area contributed by atoms with Gasteiger partial charge in [-0.1, -0.05) is 43.5 Å². The van der Waals surface area contributed by atoms with Gasteiger partial charge in [-0.3, -0.25) is 11.3 Å². The van der Waals surface area contributed by atoms with E-state index >= 15 is 0 Å². The second kappa shape index (κ2) is 5.16. The van der Waals surface area contributed by atoms with Gasteiger partial charge in [-0.25, -0.2) is 0 Å². The van der Waals surface area contributed by atoms with E-state index in [1.807, 2.05) is 0 Å². The Morgan fingerprint density at radius 3 is 2.05 bits per heavy atom. The summed E-state index contributed by atoms with van der Waals surface area (Å²) in [6, 6.07) is 9.70. The monoisotopic (exact) mass is 270 g/mol. The third-order valence-corrected chi connectivity index (χ3v) is 6.16. The molecule has 3 fully saturated rings. The molecule has 20 heavy (non-hydrogen) atoms. The maximum absolute atomic E-state index is 5.89. The van der Waals surface area contributed by atoms with Crippen molar-refractivity contribution >= 4 is 0 Å². The molecule has 0 heterocycles. The van der Waals surface area contributed by atoms with Crippen LogP contribution in [0, 0.1) is 17.8 Å². The molecule has 3 unspecified atom stereocenters. The van der Waals surface area contributed by atoms with Gasteiger partial charge in [0.2, 0.25) is 0 Å². The number of benzene rings is 1. The zero-order valence-electron chi connectivity index (χ0n) is 12.2. The van der Waals surface area contributed by atoms with Crippen LogP contribution < -0.4 is 11.3 Å². The van der Waals surface area contributed by atoms with Gasteiger partial charge in [0.05, 0.1) is 0 Å². The fourth-order valence-corrected chi connectivity index (χ4v) is 4.69. The number of rotatable bonds is 4. The van der Waals surface area contributed by atoms with Crippen molar-refractivity contribution in [2.24, 2.45) is 23.6 Å². The molecule has 2 heteroatoms. The maximum Gasteiger partial charge on any atom is 0.0493 e. The highest BCUT2D eigenvalue weighted by Gasteiger charge is 2.54. The molecule has 3 N–H and O–H groups in total. The van der Waals surface area contributed by atoms with Crippen molar-refractivity contribution in [3.05, 3.63) is 35.4 Å². The largest absolute Gasteiger partial charge is 0.271 e. The van der Waals surface area contributed by atoms with Gasteiger partial charge >= 0.3 is 0 Å². The first-order valence-corrected chi connectivity index (χ1v) is 8.44. The van der Waals surface area contributed by atoms with E-state index in [2.05, 4.69) is 29.7 Å². The minimum absolute atomic E-state index is 0.374. The highest BCUT2D eigenvalue weighted by Crippen LogP contribution is 2.60. The highest BCUT2D eigenvalue weighted by atomic mass is 15.2. The summed E-state index contributed by atoms with van der Waals surface area (Å²) in [7, 11) is 0. The molecule has 0 saturated heterocycles. The van der Waals surface area contributed by atoms with Gasteiger partial charge < -0.3 is 0 Å². The number of hydrogen-bond donors (Lipinski definition) is 2. The molecule has 1 aromatic carbocycles. The summed E-state index contributed by atoms with van der Waals surface area (Å²) >= 11 is 0. The lowest BCUT2D eigenvalue weighted by Crippen LogP contribution is -2.30. The summed E-state index contributed by atoms with van der Waals surface area (Å²) in [6.07, 6.45) is 9.87. The Hall–Kier alpha value is -0.860. The molecule has 3 saturated carbocycles. The van der Waals surface area contributed by atoms with Crippen LogP contribution in [-0.2, 0) is 0 Å². The Balaban J connectivity index is 1.49. The van der Waals surface area contributed by atoms with Crippen molar-refractivity contribution in [3.63, 3.8) is 0 Å². The summed E-state index contributed by atoms with van der Waals surface area (Å²) in [4.78, 5) is 0. The topological polar surface area (TPSA) is 38.0 Å². The van der Waals surface area contributed by atoms with Crippen LogP contribution in [0.1, 0.15) is 68.0 Å². The van der Waals surface area contributed by atoms with Gasteiger partial charge in [0.25, 0.3) is 0 Å². The van der Waals surface area contributed by atoms with Crippen LogP contribution in [0.2, 0.25) is 0 Å². The summed E-state index contributed by atoms with van der Waals surface area (Å²) in [6.45, 7) is 0. The van der Waals surface area contributed by atoms with E-state index in [1.54, 1.807) is 0 Å². The van der Waals surface area contributed by atoms with Crippen molar-refractivity contribution in [2.75, 3.05) is 0 Å². The standard InChI is InChI=1S/C18H26N2/c19-20-18(17-15-6-1-2-7-16(15)17)14-10-8-13(9-11-14)12-4-3-5-12/h8-12,15-18,20H,1-7,19H2. The average Bonchev–Trinajstić information content (AvgIpc) is 3.14. The van der Waals surface area contributed by atoms with Crippen LogP contribution in [-0.4, -0.2) is 0 Å². The number of hydrazine groups is 1. The molecule has 0 aromatic heterocycles. The average molecular weight is 270 g/mol. The zero-order chi connectivity index (χ0) is 13.5. The molecule has 1 aromatic rings. The van der Waals surface area contributed by atoms with Gasteiger partial charge in [-0.05, 0) is 60.5 Å². The van der Waals surface area contributed by atoms with Gasteiger partial charge in [-0.2, -0.15) is 0 Å². The Kier molecular flexibility index (Phi) is 3.31. The summed E-state index contributed by atoms with van der Waals surface area (Å²) in [5.41, 5.74) is 6.04. The molecule has 0 radical (unpaired) electrons. The summed E-state index contributed by atoms with van der Waals surface area (Å²) < 4.78 is 0. The minimum Gasteiger partial charge on any atom is -0.271 e. The first kappa shape index (κ1) is 12.8. The number of nitrogens with one attached hydrogen (secondary N) is 1. The quantitative estimate of drug-likeness (QED) is 0.643. The second-order valence-corrected chi connectivity index (χ2v) is 7.13. The Morgan fingerprint density at radius 2 is 1.55 bits per heavy atom. The second-order valence-electron chi connectivity index (χ2n) is 7.13. The number of nitrogens with two attached hydrogens (primary N) is 1. The van der Waals surface area contributed by atoms with E-state index in [4.69, 9.17) is 5.84 Å². The Labute approximate surface area is 122 Å². The Morgan fingerprint density at radius 1 is 0.900 bits per heavy atom. The van der Waals surface area contributed by atoms with Gasteiger partial charge in [0.1, 0.15) is 0 Å². The lowest BCUT2D eigenvalue weighted by atomic mass is 9.79. The fourth-order valence-electron chi connectivity index (χ4n) is 4.69. The van der Waals surface area contributed by atoms with Crippen LogP contribution >= 0.6 is 0 Å². The van der Waals surface area contributed by atoms with Gasteiger partial charge in [-0.15, -0.1) is 0 Å². The predicted octanol–water partition coefficient (Wildman–Crippen LogP) is 3.89. The maximum atomic E-state index is 5.89. The SMILES string of the molecule is NNC(c1ccc(C2CCC2)cc1)C1C2CCCCC21. The van der Waals surface area contributed by atoms with Gasteiger partial charge in [0, 0.05) is 6.04 Å². The number of fused-ring (bicyclic) bond motifs is 1. The molecule has 0 amide bonds. The molecule has 108 valence electrons. The smallest absolute Gasteiger partial charge is 0.0493 e. The first-order valence-electron chi connectivity index (χ1n) is 8.44. The summed E-state index contributed by atoms with van der Waals surface area (Å²) in [5.74, 6) is 9.39. The Bertz CT molecular complexity index is 451. The van der Waals surface area contributed by atoms with E-state index in [1.165, 1.54) is 56.1 Å². The first-order chi connectivity index (χ1) is 9.88. The molecular formula is C18H26N2. The third kappa shape index (κ3) is 2.10. The van der Waals surface area contributed by atoms with Crippen LogP contribution in [0.5, 0.6) is 0 Å². The zero-order valence-corrected chi connectivity index (χ0v) is 12.2. The van der Waals surface area contributed by atoms with Crippen LogP contribution in [0.25, 0.3) is 0 Å². The highest BCUT2D eigenvalue weighted by molar-refractivity contribution is 5.30. The molecule has 0 spiro atoms. The van der Waals surface area contributed by atoms with Crippen LogP contribution in [0.3, 0.4) is 0 Å². The molecule has 3 atom stereocenters. The van der Waals surface area contributed by atoms with Crippen molar-refractivity contribution < 1.29 is 0 Å². The van der Waals surface area contributed by atoms with Gasteiger partial charge in [0.15, 0.2) is 0 Å². The molecule has 0 aliphatic heterocycles. The van der Waals surface area contributed by atoms with E-state index in [0.29, 0.717) is 6.04 Å². The lowest BCUT2D eigenvalue weighted by molar-refractivity contribution is 0.419. The molecule has 4 rings (SSSR count). The van der Waals surface area contributed by atoms with Crippen LogP contribution in [0.4, 0.5) is 0 Å².